The van der Waals surface area contributed by atoms with E-state index in [-0.39, 0.29) is 0 Å². The number of morpholine rings is 1. The summed E-state index contributed by atoms with van der Waals surface area (Å²) in [5.74, 6) is 0. The lowest BCUT2D eigenvalue weighted by atomic mass is 9.95. The van der Waals surface area contributed by atoms with Crippen molar-refractivity contribution in [2.75, 3.05) is 26.2 Å². The Balaban J connectivity index is 1.67. The first-order valence-electron chi connectivity index (χ1n) is 7.34. The first kappa shape index (κ1) is 13.3. The number of ether oxygens (including phenoxy) is 1. The molecule has 3 nitrogen and oxygen atoms in total. The van der Waals surface area contributed by atoms with Crippen LogP contribution in [0.15, 0.2) is 0 Å². The fourth-order valence-corrected chi connectivity index (χ4v) is 3.02. The topological polar surface area (TPSA) is 24.5 Å². The molecule has 0 aromatic rings. The molecule has 2 unspecified atom stereocenters. The highest BCUT2D eigenvalue weighted by molar-refractivity contribution is 4.78. The van der Waals surface area contributed by atoms with Crippen molar-refractivity contribution < 1.29 is 4.74 Å². The summed E-state index contributed by atoms with van der Waals surface area (Å²) in [4.78, 5) is 2.56. The Labute approximate surface area is 106 Å². The Bertz CT molecular complexity index is 216. The molecule has 1 aliphatic carbocycles. The van der Waals surface area contributed by atoms with E-state index in [0.29, 0.717) is 12.1 Å². The minimum Gasteiger partial charge on any atom is -0.376 e. The van der Waals surface area contributed by atoms with Gasteiger partial charge in [-0.15, -0.1) is 0 Å². The van der Waals surface area contributed by atoms with Gasteiger partial charge >= 0.3 is 0 Å². The molecular weight excluding hydrogens is 212 g/mol. The number of rotatable bonds is 4. The maximum absolute atomic E-state index is 5.59. The standard InChI is InChI=1S/C14H28N2O/c1-12(16-8-9-17-13(2)11-16)10-15-14-6-4-3-5-7-14/h12-15H,3-11H2,1-2H3. The van der Waals surface area contributed by atoms with Gasteiger partial charge in [-0.1, -0.05) is 19.3 Å². The van der Waals surface area contributed by atoms with Gasteiger partial charge in [-0.05, 0) is 26.7 Å². The van der Waals surface area contributed by atoms with Crippen LogP contribution in [0.25, 0.3) is 0 Å². The molecule has 1 saturated heterocycles. The van der Waals surface area contributed by atoms with Gasteiger partial charge in [-0.3, -0.25) is 4.90 Å². The van der Waals surface area contributed by atoms with Gasteiger partial charge in [-0.25, -0.2) is 0 Å². The van der Waals surface area contributed by atoms with Crippen molar-refractivity contribution in [3.63, 3.8) is 0 Å². The minimum absolute atomic E-state index is 0.404. The molecule has 0 aromatic carbocycles. The van der Waals surface area contributed by atoms with Crippen LogP contribution < -0.4 is 5.32 Å². The summed E-state index contributed by atoms with van der Waals surface area (Å²) < 4.78 is 5.59. The SMILES string of the molecule is CC1CN(C(C)CNC2CCCCC2)CCO1. The van der Waals surface area contributed by atoms with E-state index < -0.39 is 0 Å². The molecule has 2 rings (SSSR count). The van der Waals surface area contributed by atoms with Gasteiger partial charge in [0.05, 0.1) is 12.7 Å². The van der Waals surface area contributed by atoms with Crippen LogP contribution in [0.1, 0.15) is 46.0 Å². The molecular formula is C14H28N2O. The smallest absolute Gasteiger partial charge is 0.0674 e. The van der Waals surface area contributed by atoms with E-state index in [1.165, 1.54) is 32.1 Å². The third-order valence-electron chi connectivity index (χ3n) is 4.20. The van der Waals surface area contributed by atoms with Crippen LogP contribution >= 0.6 is 0 Å². The van der Waals surface area contributed by atoms with E-state index in [0.717, 1.165) is 32.3 Å². The van der Waals surface area contributed by atoms with E-state index in [1.807, 2.05) is 0 Å². The Morgan fingerprint density at radius 1 is 1.29 bits per heavy atom. The van der Waals surface area contributed by atoms with Gasteiger partial charge in [-0.2, -0.15) is 0 Å². The quantitative estimate of drug-likeness (QED) is 0.813. The molecule has 2 atom stereocenters. The van der Waals surface area contributed by atoms with E-state index in [1.54, 1.807) is 0 Å². The predicted octanol–water partition coefficient (Wildman–Crippen LogP) is 2.02. The molecule has 2 aliphatic rings. The first-order chi connectivity index (χ1) is 8.25. The van der Waals surface area contributed by atoms with Crippen molar-refractivity contribution >= 4 is 0 Å². The van der Waals surface area contributed by atoms with Crippen LogP contribution in [-0.4, -0.2) is 49.3 Å². The lowest BCUT2D eigenvalue weighted by Crippen LogP contribution is -2.50. The zero-order chi connectivity index (χ0) is 12.1. The molecule has 0 aromatic heterocycles. The Kier molecular flexibility index (Phi) is 5.26. The Morgan fingerprint density at radius 3 is 2.76 bits per heavy atom. The molecule has 1 N–H and O–H groups in total. The van der Waals surface area contributed by atoms with E-state index in [2.05, 4.69) is 24.1 Å². The summed E-state index contributed by atoms with van der Waals surface area (Å²) in [6, 6.07) is 1.42. The number of hydrogen-bond acceptors (Lipinski definition) is 3. The van der Waals surface area contributed by atoms with Crippen molar-refractivity contribution in [1.29, 1.82) is 0 Å². The van der Waals surface area contributed by atoms with Gasteiger partial charge in [0.1, 0.15) is 0 Å². The first-order valence-corrected chi connectivity index (χ1v) is 7.34. The average molecular weight is 240 g/mol. The van der Waals surface area contributed by atoms with Crippen LogP contribution in [0.5, 0.6) is 0 Å². The molecule has 0 bridgehead atoms. The Hall–Kier alpha value is -0.120. The highest BCUT2D eigenvalue weighted by Crippen LogP contribution is 2.17. The third kappa shape index (κ3) is 4.23. The average Bonchev–Trinajstić information content (AvgIpc) is 2.37. The molecule has 1 saturated carbocycles. The molecule has 1 heterocycles. The normalized spacial score (nSPS) is 30.4. The lowest BCUT2D eigenvalue weighted by Gasteiger charge is -2.36. The highest BCUT2D eigenvalue weighted by Gasteiger charge is 2.22. The van der Waals surface area contributed by atoms with Crippen LogP contribution in [0.4, 0.5) is 0 Å². The fraction of sp³-hybridized carbons (Fsp3) is 1.00. The van der Waals surface area contributed by atoms with Gasteiger partial charge in [0.2, 0.25) is 0 Å². The number of hydrogen-bond donors (Lipinski definition) is 1. The molecule has 1 aliphatic heterocycles. The van der Waals surface area contributed by atoms with Crippen molar-refractivity contribution in [3.05, 3.63) is 0 Å². The second kappa shape index (κ2) is 6.72. The van der Waals surface area contributed by atoms with Crippen LogP contribution in [0.3, 0.4) is 0 Å². The summed E-state index contributed by atoms with van der Waals surface area (Å²) >= 11 is 0. The van der Waals surface area contributed by atoms with Crippen LogP contribution in [0.2, 0.25) is 0 Å². The minimum atomic E-state index is 0.404. The molecule has 0 spiro atoms. The molecule has 0 amide bonds. The molecule has 3 heteroatoms. The second-order valence-corrected chi connectivity index (χ2v) is 5.77. The van der Waals surface area contributed by atoms with Crippen molar-refractivity contribution in [3.8, 4) is 0 Å². The van der Waals surface area contributed by atoms with E-state index >= 15 is 0 Å². The molecule has 100 valence electrons. The van der Waals surface area contributed by atoms with Crippen molar-refractivity contribution in [2.24, 2.45) is 0 Å². The van der Waals surface area contributed by atoms with Gasteiger partial charge in [0.25, 0.3) is 0 Å². The van der Waals surface area contributed by atoms with Gasteiger partial charge in [0.15, 0.2) is 0 Å². The van der Waals surface area contributed by atoms with Crippen LogP contribution in [0, 0.1) is 0 Å². The molecule has 17 heavy (non-hydrogen) atoms. The summed E-state index contributed by atoms with van der Waals surface area (Å²) in [7, 11) is 0. The second-order valence-electron chi connectivity index (χ2n) is 5.77. The lowest BCUT2D eigenvalue weighted by molar-refractivity contribution is -0.0315. The van der Waals surface area contributed by atoms with Crippen molar-refractivity contribution in [2.45, 2.75) is 64.1 Å². The van der Waals surface area contributed by atoms with Gasteiger partial charge < -0.3 is 10.1 Å². The summed E-state index contributed by atoms with van der Waals surface area (Å²) in [5.41, 5.74) is 0. The van der Waals surface area contributed by atoms with E-state index in [4.69, 9.17) is 4.74 Å². The summed E-state index contributed by atoms with van der Waals surface area (Å²) in [5, 5.41) is 3.75. The van der Waals surface area contributed by atoms with E-state index in [9.17, 15) is 0 Å². The van der Waals surface area contributed by atoms with Gasteiger partial charge in [0, 0.05) is 31.7 Å². The third-order valence-corrected chi connectivity index (χ3v) is 4.20. The largest absolute Gasteiger partial charge is 0.376 e. The highest BCUT2D eigenvalue weighted by atomic mass is 16.5. The number of nitrogens with one attached hydrogen (secondary N) is 1. The van der Waals surface area contributed by atoms with Crippen molar-refractivity contribution in [1.82, 2.24) is 10.2 Å². The molecule has 2 fully saturated rings. The summed E-state index contributed by atoms with van der Waals surface area (Å²) in [6.07, 6.45) is 7.44. The molecule has 0 radical (unpaired) electrons. The fourth-order valence-electron chi connectivity index (χ4n) is 3.02. The maximum Gasteiger partial charge on any atom is 0.0674 e. The van der Waals surface area contributed by atoms with Crippen LogP contribution in [-0.2, 0) is 4.74 Å². The maximum atomic E-state index is 5.59. The zero-order valence-electron chi connectivity index (χ0n) is 11.5. The summed E-state index contributed by atoms with van der Waals surface area (Å²) in [6.45, 7) is 8.74. The zero-order valence-corrected chi connectivity index (χ0v) is 11.5. The predicted molar refractivity (Wildman–Crippen MR) is 71.3 cm³/mol. The number of nitrogens with zero attached hydrogens (tertiary/aromatic N) is 1. The Morgan fingerprint density at radius 2 is 2.06 bits per heavy atom. The monoisotopic (exact) mass is 240 g/mol.